The normalized spacial score (nSPS) is 37.6. The van der Waals surface area contributed by atoms with Gasteiger partial charge in [0.1, 0.15) is 12.2 Å². The summed E-state index contributed by atoms with van der Waals surface area (Å²) in [6.45, 7) is 12.4. The Balaban J connectivity index is 1.53. The van der Waals surface area contributed by atoms with E-state index in [1.165, 1.54) is 20.4 Å². The molecule has 63 heavy (non-hydrogen) atoms. The predicted molar refractivity (Wildman–Crippen MR) is 232 cm³/mol. The number of amides is 1. The van der Waals surface area contributed by atoms with E-state index in [1.54, 1.807) is 33.8 Å². The van der Waals surface area contributed by atoms with E-state index in [1.807, 2.05) is 19.9 Å². The van der Waals surface area contributed by atoms with Gasteiger partial charge >= 0.3 is 11.9 Å². The molecule has 3 fully saturated rings. The number of Topliss-reactive ketones (excluding diaryl/α,β-unsaturated/α-hetero) is 2. The lowest BCUT2D eigenvalue weighted by atomic mass is 9.81. The van der Waals surface area contributed by atoms with Crippen molar-refractivity contribution >= 4 is 41.3 Å². The van der Waals surface area contributed by atoms with Crippen LogP contribution in [0.1, 0.15) is 126 Å². The number of aliphatic imine (C=N–C) groups is 1. The Morgan fingerprint density at radius 3 is 2.35 bits per heavy atom. The van der Waals surface area contributed by atoms with Gasteiger partial charge in [-0.3, -0.25) is 19.4 Å². The first-order valence-corrected chi connectivity index (χ1v) is 22.9. The van der Waals surface area contributed by atoms with Crippen molar-refractivity contribution in [2.75, 3.05) is 27.4 Å². The minimum Gasteiger partial charge on any atom is -0.460 e. The summed E-state index contributed by atoms with van der Waals surface area (Å²) in [5, 5.41) is 28.1. The lowest BCUT2D eigenvalue weighted by Gasteiger charge is -2.48. The van der Waals surface area contributed by atoms with Crippen LogP contribution in [-0.2, 0) is 52.5 Å². The highest BCUT2D eigenvalue weighted by molar-refractivity contribution is 6.39. The van der Waals surface area contributed by atoms with E-state index in [4.69, 9.17) is 33.5 Å². The van der Waals surface area contributed by atoms with E-state index in [0.29, 0.717) is 68.9 Å². The number of hydrogen-bond donors (Lipinski definition) is 2. The number of aliphatic hydroxyl groups is 2. The molecular formula is C47H71N3O13. The molecule has 1 spiro atoms. The molecule has 0 aromatic carbocycles. The standard InChI is InChI=1S/C47H71N3O13/c1-27(2)61-40(53)26-60-49-35-14-12-33(13-15-35)23-30(5)41-32(7)36(51)25-37(52)34-16-18-48-46(45(56)62-41)17-10-11-19-50(46)44(55)43(54)47(57)31(6)24-39(59-9)42(63-47)38(58-8)22-29(4)20-28(3)21-34/h16,18,23,27-29,31-33,36,38-39,41-42,51,57H,10-15,17,19-22,24-26H2,1-9H3/b30-23?,34-16+,48-18?,49-35?. The number of allylic oxidation sites excluding steroid dienone is 3. The fraction of sp³-hybridized carbons (Fsp3) is 0.766. The maximum absolute atomic E-state index is 15.0. The van der Waals surface area contributed by atoms with E-state index in [2.05, 4.69) is 12.1 Å². The number of fused-ring (bicyclic) bond motifs is 3. The molecule has 2 saturated heterocycles. The van der Waals surface area contributed by atoms with Crippen LogP contribution < -0.4 is 0 Å². The van der Waals surface area contributed by atoms with E-state index in [9.17, 15) is 29.4 Å². The first kappa shape index (κ1) is 50.2. The quantitative estimate of drug-likeness (QED) is 0.139. The molecular weight excluding hydrogens is 815 g/mol. The van der Waals surface area contributed by atoms with Gasteiger partial charge in [0.15, 0.2) is 5.78 Å². The minimum absolute atomic E-state index is 0.00420. The third-order valence-corrected chi connectivity index (χ3v) is 13.5. The molecule has 1 aliphatic carbocycles. The van der Waals surface area contributed by atoms with Crippen molar-refractivity contribution < 1.29 is 62.7 Å². The lowest BCUT2D eigenvalue weighted by Crippen LogP contribution is -2.67. The predicted octanol–water partition coefficient (Wildman–Crippen LogP) is 5.20. The molecule has 0 radical (unpaired) electrons. The molecule has 16 nitrogen and oxygen atoms in total. The van der Waals surface area contributed by atoms with Gasteiger partial charge in [0.25, 0.3) is 11.7 Å². The highest BCUT2D eigenvalue weighted by Gasteiger charge is 2.59. The fourth-order valence-electron chi connectivity index (χ4n) is 10.0. The molecule has 2 N–H and O–H groups in total. The van der Waals surface area contributed by atoms with Crippen LogP contribution in [-0.4, -0.2) is 132 Å². The van der Waals surface area contributed by atoms with Crippen molar-refractivity contribution in [3.05, 3.63) is 23.3 Å². The highest BCUT2D eigenvalue weighted by atomic mass is 16.7. The number of ether oxygens (including phenoxy) is 5. The largest absolute Gasteiger partial charge is 0.460 e. The van der Waals surface area contributed by atoms with Crippen molar-refractivity contribution in [3.8, 4) is 0 Å². The zero-order valence-corrected chi connectivity index (χ0v) is 38.7. The van der Waals surface area contributed by atoms with Crippen LogP contribution in [0.15, 0.2) is 33.4 Å². The number of cyclic esters (lactones) is 1. The SMILES string of the molecule is COC1CC(C)CC(C)C/C2=C\C=NC3(CCCCN3C(=O)C(=O)C3(O)OC1C(OC)CC3C)C(=O)OC(C(C)=CC1CCC(=NOCC(=O)OC(C)C)CC1)C(C)C(O)CC2=O. The number of rotatable bonds is 8. The Bertz CT molecular complexity index is 1780. The van der Waals surface area contributed by atoms with Crippen molar-refractivity contribution in [1.82, 2.24) is 4.90 Å². The maximum atomic E-state index is 15.0. The lowest BCUT2D eigenvalue weighted by molar-refractivity contribution is -0.302. The van der Waals surface area contributed by atoms with Crippen molar-refractivity contribution in [3.63, 3.8) is 0 Å². The van der Waals surface area contributed by atoms with Crippen LogP contribution in [0, 0.1) is 29.6 Å². The Labute approximate surface area is 372 Å². The summed E-state index contributed by atoms with van der Waals surface area (Å²) in [4.78, 5) is 81.5. The Morgan fingerprint density at radius 2 is 1.68 bits per heavy atom. The molecule has 4 aliphatic heterocycles. The summed E-state index contributed by atoms with van der Waals surface area (Å²) in [6, 6.07) is 0. The van der Waals surface area contributed by atoms with E-state index in [-0.39, 0.29) is 62.1 Å². The second kappa shape index (κ2) is 21.9. The van der Waals surface area contributed by atoms with Crippen LogP contribution in [0.5, 0.6) is 0 Å². The number of hydrogen-bond acceptors (Lipinski definition) is 15. The van der Waals surface area contributed by atoms with Gasteiger partial charge in [-0.05, 0) is 120 Å². The van der Waals surface area contributed by atoms with Gasteiger partial charge in [0, 0.05) is 51.7 Å². The Kier molecular flexibility index (Phi) is 17.4. The fourth-order valence-corrected chi connectivity index (χ4v) is 10.0. The van der Waals surface area contributed by atoms with E-state index < -0.39 is 77.4 Å². The number of nitrogens with zero attached hydrogens (tertiary/aromatic N) is 3. The number of ketones is 2. The van der Waals surface area contributed by atoms with Gasteiger partial charge in [-0.25, -0.2) is 9.59 Å². The summed E-state index contributed by atoms with van der Waals surface area (Å²) in [7, 11) is 3.05. The molecule has 1 amide bonds. The topological polar surface area (TPSA) is 209 Å². The van der Waals surface area contributed by atoms with Crippen molar-refractivity contribution in [1.29, 1.82) is 0 Å². The van der Waals surface area contributed by atoms with Gasteiger partial charge in [0.05, 0.1) is 30.1 Å². The second-order valence-electron chi connectivity index (χ2n) is 19.0. The third-order valence-electron chi connectivity index (χ3n) is 13.5. The number of carbonyl (C=O) groups is 5. The number of carbonyl (C=O) groups excluding carboxylic acids is 5. The molecule has 0 aromatic rings. The molecule has 0 aromatic heterocycles. The number of oxime groups is 1. The molecule has 5 aliphatic rings. The van der Waals surface area contributed by atoms with Gasteiger partial charge in [-0.1, -0.05) is 38.9 Å². The zero-order chi connectivity index (χ0) is 46.2. The second-order valence-corrected chi connectivity index (χ2v) is 19.0. The molecule has 11 atom stereocenters. The van der Waals surface area contributed by atoms with Crippen LogP contribution in [0.4, 0.5) is 0 Å². The average molecular weight is 886 g/mol. The molecule has 4 bridgehead atoms. The first-order chi connectivity index (χ1) is 29.8. The summed E-state index contributed by atoms with van der Waals surface area (Å²) >= 11 is 0. The number of esters is 2. The van der Waals surface area contributed by atoms with Crippen molar-refractivity contribution in [2.45, 2.75) is 174 Å². The summed E-state index contributed by atoms with van der Waals surface area (Å²) < 4.78 is 29.6. The van der Waals surface area contributed by atoms with Gasteiger partial charge < -0.3 is 43.6 Å². The van der Waals surface area contributed by atoms with Crippen molar-refractivity contribution in [2.24, 2.45) is 39.7 Å². The Morgan fingerprint density at radius 1 is 1.00 bits per heavy atom. The van der Waals surface area contributed by atoms with Crippen LogP contribution in [0.3, 0.4) is 0 Å². The van der Waals surface area contributed by atoms with Gasteiger partial charge in [0.2, 0.25) is 18.1 Å². The summed E-state index contributed by atoms with van der Waals surface area (Å²) in [6.07, 6.45) is 5.24. The van der Waals surface area contributed by atoms with Gasteiger partial charge in [-0.2, -0.15) is 0 Å². The molecule has 352 valence electrons. The first-order valence-electron chi connectivity index (χ1n) is 22.9. The zero-order valence-electron chi connectivity index (χ0n) is 38.7. The minimum atomic E-state index is -2.58. The average Bonchev–Trinajstić information content (AvgIpc) is 3.24. The van der Waals surface area contributed by atoms with Crippen LogP contribution >= 0.6 is 0 Å². The summed E-state index contributed by atoms with van der Waals surface area (Å²) in [5.41, 5.74) is -0.187. The molecule has 16 heteroatoms. The van der Waals surface area contributed by atoms with Crippen LogP contribution in [0.25, 0.3) is 0 Å². The number of methoxy groups -OCH3 is 2. The molecule has 11 unspecified atom stereocenters. The molecule has 1 saturated carbocycles. The Hall–Kier alpha value is -3.83. The monoisotopic (exact) mass is 885 g/mol. The highest BCUT2D eigenvalue weighted by Crippen LogP contribution is 2.41. The number of aliphatic hydroxyl groups excluding tert-OH is 1. The summed E-state index contributed by atoms with van der Waals surface area (Å²) in [5.74, 6) is -8.23. The molecule has 5 rings (SSSR count). The van der Waals surface area contributed by atoms with E-state index in [0.717, 1.165) is 10.6 Å². The third kappa shape index (κ3) is 11.9. The van der Waals surface area contributed by atoms with Crippen LogP contribution in [0.2, 0.25) is 0 Å². The van der Waals surface area contributed by atoms with E-state index >= 15 is 4.79 Å². The van der Waals surface area contributed by atoms with Gasteiger partial charge in [-0.15, -0.1) is 0 Å². The number of piperidine rings is 1. The maximum Gasteiger partial charge on any atom is 0.355 e. The smallest absolute Gasteiger partial charge is 0.355 e. The molecule has 4 heterocycles.